The number of nitriles is 1. The van der Waals surface area contributed by atoms with Crippen molar-refractivity contribution in [2.24, 2.45) is 0 Å². The second-order valence-electron chi connectivity index (χ2n) is 3.68. The monoisotopic (exact) mass is 302 g/mol. The first-order valence-corrected chi connectivity index (χ1v) is 6.57. The lowest BCUT2D eigenvalue weighted by atomic mass is 10.1. The number of aromatic nitrogens is 1. The minimum atomic E-state index is 0.374. The van der Waals surface area contributed by atoms with Gasteiger partial charge in [-0.15, -0.1) is 0 Å². The van der Waals surface area contributed by atoms with Crippen LogP contribution in [0.2, 0.25) is 0 Å². The first kappa shape index (κ1) is 12.6. The van der Waals surface area contributed by atoms with Crippen molar-refractivity contribution in [3.05, 3.63) is 59.4 Å². The van der Waals surface area contributed by atoms with Crippen molar-refractivity contribution in [2.45, 2.75) is 11.9 Å². The largest absolute Gasteiger partial charge is 0.487 e. The van der Waals surface area contributed by atoms with Gasteiger partial charge in [-0.1, -0.05) is 34.1 Å². The zero-order valence-corrected chi connectivity index (χ0v) is 11.2. The molecule has 2 aromatic rings. The highest BCUT2D eigenvalue weighted by atomic mass is 79.9. The molecule has 90 valence electrons. The van der Waals surface area contributed by atoms with E-state index < -0.39 is 0 Å². The molecule has 1 heterocycles. The van der Waals surface area contributed by atoms with Gasteiger partial charge in [0.15, 0.2) is 0 Å². The number of ether oxygens (including phenoxy) is 1. The predicted octanol–water partition coefficient (Wildman–Crippen LogP) is 3.43. The van der Waals surface area contributed by atoms with Crippen LogP contribution in [0.15, 0.2) is 42.6 Å². The van der Waals surface area contributed by atoms with Gasteiger partial charge < -0.3 is 4.74 Å². The first-order valence-electron chi connectivity index (χ1n) is 5.45. The number of rotatable bonds is 4. The summed E-state index contributed by atoms with van der Waals surface area (Å²) in [5.41, 5.74) is 2.48. The van der Waals surface area contributed by atoms with E-state index in [9.17, 15) is 0 Å². The van der Waals surface area contributed by atoms with Crippen LogP contribution in [-0.4, -0.2) is 4.98 Å². The van der Waals surface area contributed by atoms with Crippen molar-refractivity contribution in [3.63, 3.8) is 0 Å². The van der Waals surface area contributed by atoms with Crippen LogP contribution in [-0.2, 0) is 11.9 Å². The molecule has 3 nitrogen and oxygen atoms in total. The SMILES string of the molecule is N#Cc1ccccc1COc1ccc(CBr)nc1. The van der Waals surface area contributed by atoms with Crippen LogP contribution in [0.25, 0.3) is 0 Å². The molecule has 0 atom stereocenters. The van der Waals surface area contributed by atoms with Crippen LogP contribution in [0.3, 0.4) is 0 Å². The van der Waals surface area contributed by atoms with Crippen molar-refractivity contribution in [1.29, 1.82) is 5.26 Å². The molecule has 0 radical (unpaired) electrons. The zero-order chi connectivity index (χ0) is 12.8. The Balaban J connectivity index is 2.05. The standard InChI is InChI=1S/C14H11BrN2O/c15-7-13-5-6-14(9-17-13)18-10-12-4-2-1-3-11(12)8-16/h1-6,9H,7,10H2. The van der Waals surface area contributed by atoms with Gasteiger partial charge in [0.2, 0.25) is 0 Å². The number of hydrogen-bond donors (Lipinski definition) is 0. The molecule has 18 heavy (non-hydrogen) atoms. The topological polar surface area (TPSA) is 45.9 Å². The fourth-order valence-electron chi connectivity index (χ4n) is 1.49. The molecule has 0 bridgehead atoms. The number of halogens is 1. The highest BCUT2D eigenvalue weighted by molar-refractivity contribution is 9.08. The molecule has 0 aliphatic rings. The summed E-state index contributed by atoms with van der Waals surface area (Å²) in [5, 5.41) is 9.69. The molecule has 0 saturated heterocycles. The third-order valence-corrected chi connectivity index (χ3v) is 3.04. The molecule has 0 unspecified atom stereocenters. The molecule has 0 amide bonds. The lowest BCUT2D eigenvalue weighted by Crippen LogP contribution is -1.98. The molecule has 0 aliphatic carbocycles. The summed E-state index contributed by atoms with van der Waals surface area (Å²) >= 11 is 3.34. The van der Waals surface area contributed by atoms with E-state index in [1.165, 1.54) is 0 Å². The van der Waals surface area contributed by atoms with Crippen LogP contribution in [0, 0.1) is 11.3 Å². The lowest BCUT2D eigenvalue weighted by molar-refractivity contribution is 0.304. The Kier molecular flexibility index (Phi) is 4.32. The molecule has 0 aliphatic heterocycles. The Morgan fingerprint density at radius 1 is 1.22 bits per heavy atom. The van der Waals surface area contributed by atoms with Gasteiger partial charge >= 0.3 is 0 Å². The third kappa shape index (κ3) is 3.08. The average molecular weight is 303 g/mol. The van der Waals surface area contributed by atoms with Gasteiger partial charge in [-0.25, -0.2) is 0 Å². The quantitative estimate of drug-likeness (QED) is 0.813. The maximum absolute atomic E-state index is 8.96. The van der Waals surface area contributed by atoms with Crippen molar-refractivity contribution in [2.75, 3.05) is 0 Å². The third-order valence-electron chi connectivity index (χ3n) is 2.47. The Hall–Kier alpha value is -1.86. The molecule has 0 N–H and O–H groups in total. The minimum Gasteiger partial charge on any atom is -0.487 e. The van der Waals surface area contributed by atoms with Gasteiger partial charge in [0.1, 0.15) is 12.4 Å². The predicted molar refractivity (Wildman–Crippen MR) is 72.4 cm³/mol. The number of benzene rings is 1. The van der Waals surface area contributed by atoms with Crippen LogP contribution in [0.4, 0.5) is 0 Å². The van der Waals surface area contributed by atoms with Crippen LogP contribution in [0.5, 0.6) is 5.75 Å². The second-order valence-corrected chi connectivity index (χ2v) is 4.24. The van der Waals surface area contributed by atoms with E-state index >= 15 is 0 Å². The molecule has 4 heteroatoms. The highest BCUT2D eigenvalue weighted by Gasteiger charge is 2.02. The Morgan fingerprint density at radius 3 is 2.72 bits per heavy atom. The molecule has 0 spiro atoms. The molecule has 0 fully saturated rings. The maximum atomic E-state index is 8.96. The van der Waals surface area contributed by atoms with Crippen molar-refractivity contribution in [1.82, 2.24) is 4.98 Å². The number of alkyl halides is 1. The number of nitrogens with zero attached hydrogens (tertiary/aromatic N) is 2. The summed E-state index contributed by atoms with van der Waals surface area (Å²) in [4.78, 5) is 4.22. The zero-order valence-electron chi connectivity index (χ0n) is 9.64. The summed E-state index contributed by atoms with van der Waals surface area (Å²) in [6, 6.07) is 13.3. The molecular weight excluding hydrogens is 292 g/mol. The van der Waals surface area contributed by atoms with Gasteiger partial charge in [0, 0.05) is 10.9 Å². The normalized spacial score (nSPS) is 9.78. The van der Waals surface area contributed by atoms with Crippen LogP contribution < -0.4 is 4.74 Å². The van der Waals surface area contributed by atoms with Crippen molar-refractivity contribution < 1.29 is 4.74 Å². The van der Waals surface area contributed by atoms with Gasteiger partial charge in [-0.05, 0) is 18.2 Å². The van der Waals surface area contributed by atoms with E-state index in [-0.39, 0.29) is 0 Å². The Labute approximate surface area is 114 Å². The van der Waals surface area contributed by atoms with E-state index in [1.54, 1.807) is 12.3 Å². The summed E-state index contributed by atoms with van der Waals surface area (Å²) in [6.07, 6.45) is 1.69. The lowest BCUT2D eigenvalue weighted by Gasteiger charge is -2.07. The fraction of sp³-hybridized carbons (Fsp3) is 0.143. The minimum absolute atomic E-state index is 0.374. The van der Waals surface area contributed by atoms with Gasteiger partial charge in [-0.3, -0.25) is 4.98 Å². The molecule has 0 saturated carbocycles. The van der Waals surface area contributed by atoms with E-state index in [4.69, 9.17) is 10.00 Å². The summed E-state index contributed by atoms with van der Waals surface area (Å²) in [7, 11) is 0. The van der Waals surface area contributed by atoms with Crippen LogP contribution >= 0.6 is 15.9 Å². The van der Waals surface area contributed by atoms with E-state index in [2.05, 4.69) is 27.0 Å². The molecule has 1 aromatic carbocycles. The molecular formula is C14H11BrN2O. The molecule has 2 rings (SSSR count). The Bertz CT molecular complexity index is 561. The highest BCUT2D eigenvalue weighted by Crippen LogP contribution is 2.14. The van der Waals surface area contributed by atoms with Crippen molar-refractivity contribution in [3.8, 4) is 11.8 Å². The van der Waals surface area contributed by atoms with Gasteiger partial charge in [-0.2, -0.15) is 5.26 Å². The van der Waals surface area contributed by atoms with E-state index in [1.807, 2.05) is 30.3 Å². The number of hydrogen-bond acceptors (Lipinski definition) is 3. The van der Waals surface area contributed by atoms with Gasteiger partial charge in [0.05, 0.1) is 23.5 Å². The second kappa shape index (κ2) is 6.18. The Morgan fingerprint density at radius 2 is 2.06 bits per heavy atom. The van der Waals surface area contributed by atoms with Crippen LogP contribution in [0.1, 0.15) is 16.8 Å². The maximum Gasteiger partial charge on any atom is 0.138 e. The molecule has 1 aromatic heterocycles. The average Bonchev–Trinajstić information content (AvgIpc) is 2.46. The summed E-state index contributed by atoms with van der Waals surface area (Å²) < 4.78 is 5.61. The fourth-order valence-corrected chi connectivity index (χ4v) is 1.82. The van der Waals surface area contributed by atoms with E-state index in [0.29, 0.717) is 17.9 Å². The summed E-state index contributed by atoms with van der Waals surface area (Å²) in [6.45, 7) is 0.374. The van der Waals surface area contributed by atoms with E-state index in [0.717, 1.165) is 16.6 Å². The van der Waals surface area contributed by atoms with Gasteiger partial charge in [0.25, 0.3) is 0 Å². The smallest absolute Gasteiger partial charge is 0.138 e. The summed E-state index contributed by atoms with van der Waals surface area (Å²) in [5.74, 6) is 0.701. The van der Waals surface area contributed by atoms with Crippen molar-refractivity contribution >= 4 is 15.9 Å². The number of pyridine rings is 1. The first-order chi connectivity index (χ1) is 8.83.